The number of benzene rings is 1. The summed E-state index contributed by atoms with van der Waals surface area (Å²) in [6.45, 7) is 1.94. The Morgan fingerprint density at radius 1 is 1.43 bits per heavy atom. The molecule has 0 aliphatic rings. The molecule has 0 N–H and O–H groups in total. The van der Waals surface area contributed by atoms with Crippen molar-refractivity contribution in [2.24, 2.45) is 0 Å². The van der Waals surface area contributed by atoms with E-state index in [0.29, 0.717) is 14.7 Å². The van der Waals surface area contributed by atoms with Crippen LogP contribution in [0.15, 0.2) is 22.7 Å². The summed E-state index contributed by atoms with van der Waals surface area (Å²) in [5.74, 6) is 0.461. The molecule has 0 amide bonds. The minimum Gasteiger partial charge on any atom is -0.333 e. The van der Waals surface area contributed by atoms with Gasteiger partial charge in [-0.05, 0) is 18.6 Å². The van der Waals surface area contributed by atoms with Crippen LogP contribution < -0.4 is 0 Å². The van der Waals surface area contributed by atoms with Gasteiger partial charge >= 0.3 is 0 Å². The van der Waals surface area contributed by atoms with E-state index in [1.165, 1.54) is 0 Å². The van der Waals surface area contributed by atoms with Gasteiger partial charge in [0.2, 0.25) is 3.83 Å². The van der Waals surface area contributed by atoms with Crippen molar-refractivity contribution < 1.29 is 4.52 Å². The molecular weight excluding hydrogens is 314 g/mol. The second-order valence-electron chi connectivity index (χ2n) is 2.81. The molecule has 0 saturated carbocycles. The van der Waals surface area contributed by atoms with E-state index in [-0.39, 0.29) is 0 Å². The van der Waals surface area contributed by atoms with Crippen LogP contribution in [0.3, 0.4) is 0 Å². The maximum atomic E-state index is 6.11. The Kier molecular flexibility index (Phi) is 2.73. The second-order valence-corrected chi connectivity index (χ2v) is 4.15. The average Bonchev–Trinajstić information content (AvgIpc) is 2.57. The van der Waals surface area contributed by atoms with E-state index < -0.39 is 0 Å². The predicted octanol–water partition coefficient (Wildman–Crippen LogP) is 3.30. The lowest BCUT2D eigenvalue weighted by Crippen LogP contribution is -1.82. The normalized spacial score (nSPS) is 10.5. The lowest BCUT2D eigenvalue weighted by Gasteiger charge is -2.00. The van der Waals surface area contributed by atoms with E-state index in [0.717, 1.165) is 11.1 Å². The third-order valence-electron chi connectivity index (χ3n) is 1.82. The third-order valence-corrected chi connectivity index (χ3v) is 2.76. The molecule has 0 spiro atoms. The lowest BCUT2D eigenvalue weighted by molar-refractivity contribution is 0.426. The Hall–Kier alpha value is -0.620. The lowest BCUT2D eigenvalue weighted by atomic mass is 10.1. The standard InChI is InChI=1S/C9H6ClIN2O/c1-5-3-2-4-6(7(5)10)8-12-9(11)13-14-8/h2-4H,1H3. The molecule has 1 aromatic heterocycles. The third kappa shape index (κ3) is 1.76. The average molecular weight is 321 g/mol. The first-order chi connectivity index (χ1) is 6.68. The molecule has 0 radical (unpaired) electrons. The Bertz CT molecular complexity index is 470. The summed E-state index contributed by atoms with van der Waals surface area (Å²) in [4.78, 5) is 4.11. The number of aryl methyl sites for hydroxylation is 1. The fourth-order valence-electron chi connectivity index (χ4n) is 1.13. The van der Waals surface area contributed by atoms with Crippen molar-refractivity contribution in [3.05, 3.63) is 32.6 Å². The molecule has 0 saturated heterocycles. The van der Waals surface area contributed by atoms with Crippen molar-refractivity contribution in [2.45, 2.75) is 6.92 Å². The van der Waals surface area contributed by atoms with Crippen LogP contribution in [-0.2, 0) is 0 Å². The summed E-state index contributed by atoms with van der Waals surface area (Å²) in [5, 5.41) is 4.37. The first-order valence-corrected chi connectivity index (χ1v) is 5.39. The Balaban J connectivity index is 2.57. The summed E-state index contributed by atoms with van der Waals surface area (Å²) in [6, 6.07) is 5.71. The number of hydrogen-bond acceptors (Lipinski definition) is 3. The Labute approximate surface area is 99.6 Å². The maximum absolute atomic E-state index is 6.11. The largest absolute Gasteiger partial charge is 0.333 e. The van der Waals surface area contributed by atoms with Gasteiger partial charge in [0, 0.05) is 22.6 Å². The fourth-order valence-corrected chi connectivity index (χ4v) is 1.65. The molecule has 2 aromatic rings. The molecule has 0 bridgehead atoms. The van der Waals surface area contributed by atoms with Gasteiger partial charge < -0.3 is 4.52 Å². The van der Waals surface area contributed by atoms with Gasteiger partial charge in [0.15, 0.2) is 0 Å². The Morgan fingerprint density at radius 3 is 2.86 bits per heavy atom. The van der Waals surface area contributed by atoms with E-state index >= 15 is 0 Å². The topological polar surface area (TPSA) is 38.9 Å². The Morgan fingerprint density at radius 2 is 2.21 bits per heavy atom. The highest BCUT2D eigenvalue weighted by atomic mass is 127. The van der Waals surface area contributed by atoms with Crippen LogP contribution in [0.4, 0.5) is 0 Å². The van der Waals surface area contributed by atoms with Crippen LogP contribution in [0.25, 0.3) is 11.5 Å². The number of nitrogens with zero attached hydrogens (tertiary/aromatic N) is 2. The fraction of sp³-hybridized carbons (Fsp3) is 0.111. The molecule has 72 valence electrons. The number of halogens is 2. The zero-order chi connectivity index (χ0) is 10.1. The van der Waals surface area contributed by atoms with Gasteiger partial charge in [0.05, 0.1) is 10.6 Å². The van der Waals surface area contributed by atoms with E-state index in [9.17, 15) is 0 Å². The van der Waals surface area contributed by atoms with E-state index in [2.05, 4.69) is 10.1 Å². The van der Waals surface area contributed by atoms with E-state index in [4.69, 9.17) is 16.1 Å². The molecule has 1 heterocycles. The predicted molar refractivity (Wildman–Crippen MR) is 62.2 cm³/mol. The summed E-state index contributed by atoms with van der Waals surface area (Å²) in [5.41, 5.74) is 1.78. The molecule has 14 heavy (non-hydrogen) atoms. The van der Waals surface area contributed by atoms with Crippen LogP contribution in [0, 0.1) is 10.8 Å². The minimum atomic E-state index is 0.461. The molecule has 1 aromatic carbocycles. The first-order valence-electron chi connectivity index (χ1n) is 3.93. The van der Waals surface area contributed by atoms with Crippen molar-refractivity contribution in [3.63, 3.8) is 0 Å². The van der Waals surface area contributed by atoms with Crippen molar-refractivity contribution in [3.8, 4) is 11.5 Å². The molecule has 0 atom stereocenters. The molecular formula is C9H6ClIN2O. The first kappa shape index (κ1) is 9.92. The quantitative estimate of drug-likeness (QED) is 0.757. The van der Waals surface area contributed by atoms with Crippen LogP contribution in [0.5, 0.6) is 0 Å². The van der Waals surface area contributed by atoms with Crippen molar-refractivity contribution in [1.29, 1.82) is 0 Å². The molecule has 2 rings (SSSR count). The highest BCUT2D eigenvalue weighted by Gasteiger charge is 2.11. The summed E-state index contributed by atoms with van der Waals surface area (Å²) >= 11 is 8.10. The summed E-state index contributed by atoms with van der Waals surface area (Å²) in [7, 11) is 0. The van der Waals surface area contributed by atoms with E-state index in [1.54, 1.807) is 0 Å². The van der Waals surface area contributed by atoms with Crippen molar-refractivity contribution in [1.82, 2.24) is 10.1 Å². The van der Waals surface area contributed by atoms with Gasteiger partial charge in [-0.1, -0.05) is 28.9 Å². The van der Waals surface area contributed by atoms with Crippen molar-refractivity contribution >= 4 is 34.2 Å². The number of rotatable bonds is 1. The molecule has 0 fully saturated rings. The zero-order valence-electron chi connectivity index (χ0n) is 7.29. The molecule has 0 aliphatic heterocycles. The van der Waals surface area contributed by atoms with Gasteiger partial charge in [0.25, 0.3) is 5.89 Å². The monoisotopic (exact) mass is 320 g/mol. The minimum absolute atomic E-state index is 0.461. The second kappa shape index (κ2) is 3.86. The molecule has 5 heteroatoms. The van der Waals surface area contributed by atoms with Crippen LogP contribution in [-0.4, -0.2) is 10.1 Å². The van der Waals surface area contributed by atoms with Crippen LogP contribution in [0.1, 0.15) is 5.56 Å². The SMILES string of the molecule is Cc1cccc(-c2nc(I)no2)c1Cl. The molecule has 0 aliphatic carbocycles. The highest BCUT2D eigenvalue weighted by molar-refractivity contribution is 14.1. The van der Waals surface area contributed by atoms with Gasteiger partial charge in [-0.3, -0.25) is 0 Å². The highest BCUT2D eigenvalue weighted by Crippen LogP contribution is 2.28. The summed E-state index contributed by atoms with van der Waals surface area (Å²) < 4.78 is 5.61. The smallest absolute Gasteiger partial charge is 0.260 e. The van der Waals surface area contributed by atoms with Crippen LogP contribution >= 0.6 is 34.2 Å². The molecule has 0 unspecified atom stereocenters. The van der Waals surface area contributed by atoms with Gasteiger partial charge in [-0.15, -0.1) is 0 Å². The molecule has 3 nitrogen and oxygen atoms in total. The number of aromatic nitrogens is 2. The van der Waals surface area contributed by atoms with E-state index in [1.807, 2.05) is 47.7 Å². The van der Waals surface area contributed by atoms with Crippen LogP contribution in [0.2, 0.25) is 5.02 Å². The van der Waals surface area contributed by atoms with Gasteiger partial charge in [-0.2, -0.15) is 4.98 Å². The number of hydrogen-bond donors (Lipinski definition) is 0. The van der Waals surface area contributed by atoms with Gasteiger partial charge in [-0.25, -0.2) is 0 Å². The van der Waals surface area contributed by atoms with Gasteiger partial charge in [0.1, 0.15) is 0 Å². The summed E-state index contributed by atoms with van der Waals surface area (Å²) in [6.07, 6.45) is 0. The van der Waals surface area contributed by atoms with Crippen molar-refractivity contribution in [2.75, 3.05) is 0 Å². The zero-order valence-corrected chi connectivity index (χ0v) is 10.2. The maximum Gasteiger partial charge on any atom is 0.260 e.